The number of hydrogen-bond acceptors (Lipinski definition) is 5. The van der Waals surface area contributed by atoms with Crippen LogP contribution in [0.3, 0.4) is 0 Å². The van der Waals surface area contributed by atoms with E-state index in [4.69, 9.17) is 9.26 Å². The Morgan fingerprint density at radius 2 is 2.05 bits per heavy atom. The molecule has 1 saturated heterocycles. The average Bonchev–Trinajstić information content (AvgIpc) is 2.96. The molecule has 7 nitrogen and oxygen atoms in total. The number of ether oxygens (including phenoxy) is 1. The lowest BCUT2D eigenvalue weighted by Gasteiger charge is -2.32. The Morgan fingerprint density at radius 1 is 1.29 bits per heavy atom. The molecule has 0 spiro atoms. The summed E-state index contributed by atoms with van der Waals surface area (Å²) in [5, 5.41) is 15.8. The van der Waals surface area contributed by atoms with E-state index in [1.807, 2.05) is 30.3 Å². The molecule has 7 heteroatoms. The fourth-order valence-electron chi connectivity index (χ4n) is 2.08. The highest BCUT2D eigenvalue weighted by molar-refractivity contribution is 5.71. The van der Waals surface area contributed by atoms with Gasteiger partial charge in [-0.1, -0.05) is 30.3 Å². The zero-order valence-corrected chi connectivity index (χ0v) is 11.5. The van der Waals surface area contributed by atoms with Crippen molar-refractivity contribution in [1.29, 1.82) is 0 Å². The molecule has 0 amide bonds. The highest BCUT2D eigenvalue weighted by Gasteiger charge is 2.13. The van der Waals surface area contributed by atoms with E-state index in [2.05, 4.69) is 10.3 Å². The minimum absolute atomic E-state index is 0.211. The summed E-state index contributed by atoms with van der Waals surface area (Å²) in [7, 11) is 0. The number of benzene rings is 1. The van der Waals surface area contributed by atoms with Crippen molar-refractivity contribution in [2.24, 2.45) is 4.99 Å². The summed E-state index contributed by atoms with van der Waals surface area (Å²) in [5.41, 5.74) is 1.10. The highest BCUT2D eigenvalue weighted by atomic mass is 16.5. The summed E-state index contributed by atoms with van der Waals surface area (Å²) in [6.07, 6.45) is 1.62. The van der Waals surface area contributed by atoms with Crippen LogP contribution in [0.5, 0.6) is 0 Å². The van der Waals surface area contributed by atoms with Gasteiger partial charge in [-0.15, -0.1) is 0 Å². The Labute approximate surface area is 122 Å². The van der Waals surface area contributed by atoms with Crippen molar-refractivity contribution in [1.82, 2.24) is 10.2 Å². The number of aromatic nitrogens is 2. The number of aliphatic imine (C=N–C) groups is 1. The SMILES string of the molecule is [O-]/C(=N\c1c[n+](Cc2ccccc2)no1)N1CCOCC1. The van der Waals surface area contributed by atoms with E-state index < -0.39 is 0 Å². The molecular formula is C14H16N4O3. The van der Waals surface area contributed by atoms with Crippen LogP contribution >= 0.6 is 0 Å². The third-order valence-electron chi connectivity index (χ3n) is 3.17. The molecule has 0 bridgehead atoms. The van der Waals surface area contributed by atoms with Gasteiger partial charge in [-0.3, -0.25) is 4.52 Å². The first-order valence-corrected chi connectivity index (χ1v) is 6.80. The van der Waals surface area contributed by atoms with E-state index in [1.165, 1.54) is 0 Å². The van der Waals surface area contributed by atoms with Gasteiger partial charge in [0, 0.05) is 18.7 Å². The number of amidine groups is 1. The molecule has 0 atom stereocenters. The molecule has 21 heavy (non-hydrogen) atoms. The third kappa shape index (κ3) is 3.57. The molecule has 1 aromatic carbocycles. The maximum atomic E-state index is 11.9. The highest BCUT2D eigenvalue weighted by Crippen LogP contribution is 2.08. The standard InChI is InChI=1S/C14H16N4O3/c19-14(17-6-8-20-9-7-17)15-13-11-18(16-21-13)10-12-4-2-1-3-5-12/h1-5,11H,6-10H2. The van der Waals surface area contributed by atoms with E-state index in [-0.39, 0.29) is 11.9 Å². The van der Waals surface area contributed by atoms with Crippen molar-refractivity contribution in [3.05, 3.63) is 42.1 Å². The normalized spacial score (nSPS) is 16.2. The Balaban J connectivity index is 1.67. The van der Waals surface area contributed by atoms with Crippen LogP contribution in [0.15, 0.2) is 46.0 Å². The summed E-state index contributed by atoms with van der Waals surface area (Å²) in [6, 6.07) is 9.56. The molecule has 0 radical (unpaired) electrons. The summed E-state index contributed by atoms with van der Waals surface area (Å²) >= 11 is 0. The number of nitrogens with zero attached hydrogens (tertiary/aromatic N) is 4. The van der Waals surface area contributed by atoms with Crippen LogP contribution in [0.25, 0.3) is 0 Å². The second-order valence-corrected chi connectivity index (χ2v) is 4.72. The van der Waals surface area contributed by atoms with Gasteiger partial charge in [0.15, 0.2) is 0 Å². The van der Waals surface area contributed by atoms with Crippen LogP contribution in [0.4, 0.5) is 5.88 Å². The summed E-state index contributed by atoms with van der Waals surface area (Å²) in [6.45, 7) is 2.78. The molecule has 1 fully saturated rings. The monoisotopic (exact) mass is 288 g/mol. The Hall–Kier alpha value is -2.41. The van der Waals surface area contributed by atoms with Gasteiger partial charge in [0.25, 0.3) is 6.20 Å². The van der Waals surface area contributed by atoms with Crippen molar-refractivity contribution in [3.8, 4) is 0 Å². The van der Waals surface area contributed by atoms with Crippen LogP contribution in [-0.2, 0) is 11.3 Å². The largest absolute Gasteiger partial charge is 0.846 e. The molecule has 2 aromatic rings. The lowest BCUT2D eigenvalue weighted by Crippen LogP contribution is -2.46. The van der Waals surface area contributed by atoms with E-state index in [0.717, 1.165) is 5.56 Å². The van der Waals surface area contributed by atoms with E-state index in [1.54, 1.807) is 15.8 Å². The number of rotatable bonds is 3. The van der Waals surface area contributed by atoms with Crippen LogP contribution < -0.4 is 9.79 Å². The molecule has 1 aliphatic heterocycles. The van der Waals surface area contributed by atoms with E-state index >= 15 is 0 Å². The number of hydrogen-bond donors (Lipinski definition) is 0. The van der Waals surface area contributed by atoms with Crippen LogP contribution in [0, 0.1) is 0 Å². The first-order chi connectivity index (χ1) is 10.3. The Morgan fingerprint density at radius 3 is 2.81 bits per heavy atom. The minimum Gasteiger partial charge on any atom is -0.846 e. The molecule has 3 rings (SSSR count). The summed E-state index contributed by atoms with van der Waals surface area (Å²) in [5.74, 6) is 0.211. The van der Waals surface area contributed by atoms with Gasteiger partial charge < -0.3 is 14.7 Å². The predicted octanol–water partition coefficient (Wildman–Crippen LogP) is -0.310. The molecule has 0 N–H and O–H groups in total. The quantitative estimate of drug-likeness (QED) is 0.440. The van der Waals surface area contributed by atoms with Gasteiger partial charge in [0.05, 0.1) is 19.2 Å². The molecule has 0 aliphatic carbocycles. The van der Waals surface area contributed by atoms with Crippen molar-refractivity contribution in [2.75, 3.05) is 26.3 Å². The first kappa shape index (κ1) is 13.6. The molecule has 1 aliphatic rings. The van der Waals surface area contributed by atoms with Crippen LogP contribution in [0.2, 0.25) is 0 Å². The second kappa shape index (κ2) is 6.36. The average molecular weight is 288 g/mol. The second-order valence-electron chi connectivity index (χ2n) is 4.72. The van der Waals surface area contributed by atoms with Crippen molar-refractivity contribution < 1.29 is 19.0 Å². The molecule has 110 valence electrons. The minimum atomic E-state index is -0.318. The lowest BCUT2D eigenvalue weighted by atomic mass is 10.2. The smallest absolute Gasteiger partial charge is 0.322 e. The molecule has 0 saturated carbocycles. The maximum absolute atomic E-state index is 11.9. The zero-order valence-electron chi connectivity index (χ0n) is 11.5. The van der Waals surface area contributed by atoms with Gasteiger partial charge >= 0.3 is 5.88 Å². The summed E-state index contributed by atoms with van der Waals surface area (Å²) < 4.78 is 11.9. The Kier molecular flexibility index (Phi) is 4.11. The van der Waals surface area contributed by atoms with Gasteiger partial charge in [0.2, 0.25) is 11.8 Å². The Bertz CT molecular complexity index is 606. The molecule has 2 heterocycles. The molecule has 0 unspecified atom stereocenters. The van der Waals surface area contributed by atoms with Crippen LogP contribution in [-0.4, -0.2) is 42.5 Å². The van der Waals surface area contributed by atoms with E-state index in [9.17, 15) is 5.11 Å². The third-order valence-corrected chi connectivity index (χ3v) is 3.17. The van der Waals surface area contributed by atoms with Gasteiger partial charge in [-0.25, -0.2) is 4.99 Å². The lowest BCUT2D eigenvalue weighted by molar-refractivity contribution is -0.754. The topological polar surface area (TPSA) is 77.8 Å². The summed E-state index contributed by atoms with van der Waals surface area (Å²) in [4.78, 5) is 5.56. The fraction of sp³-hybridized carbons (Fsp3) is 0.357. The van der Waals surface area contributed by atoms with Gasteiger partial charge in [0.1, 0.15) is 0 Å². The molecular weight excluding hydrogens is 272 g/mol. The van der Waals surface area contributed by atoms with Crippen molar-refractivity contribution >= 4 is 11.9 Å². The fourth-order valence-corrected chi connectivity index (χ4v) is 2.08. The van der Waals surface area contributed by atoms with Gasteiger partial charge in [-0.05, 0) is 4.68 Å². The maximum Gasteiger partial charge on any atom is 0.322 e. The van der Waals surface area contributed by atoms with Crippen molar-refractivity contribution in [2.45, 2.75) is 6.54 Å². The zero-order chi connectivity index (χ0) is 14.5. The predicted molar refractivity (Wildman–Crippen MR) is 71.7 cm³/mol. The van der Waals surface area contributed by atoms with E-state index in [0.29, 0.717) is 32.8 Å². The van der Waals surface area contributed by atoms with Crippen molar-refractivity contribution in [3.63, 3.8) is 0 Å². The van der Waals surface area contributed by atoms with Crippen LogP contribution in [0.1, 0.15) is 5.56 Å². The first-order valence-electron chi connectivity index (χ1n) is 6.80. The number of morpholine rings is 1. The molecule has 1 aromatic heterocycles. The van der Waals surface area contributed by atoms with Gasteiger partial charge in [-0.2, -0.15) is 0 Å².